The van der Waals surface area contributed by atoms with E-state index in [-0.39, 0.29) is 5.48 Å². The smallest absolute Gasteiger partial charge is 0.248 e. The van der Waals surface area contributed by atoms with E-state index in [0.29, 0.717) is 12.1 Å². The summed E-state index contributed by atoms with van der Waals surface area (Å²) in [6, 6.07) is 16.2. The number of hydrogen-bond donors (Lipinski definition) is 1. The zero-order chi connectivity index (χ0) is 24.3. The van der Waals surface area contributed by atoms with Gasteiger partial charge in [0.05, 0.1) is 0 Å². The maximum Gasteiger partial charge on any atom is 0.248 e. The van der Waals surface area contributed by atoms with Crippen molar-refractivity contribution in [2.75, 3.05) is 39.3 Å². The Morgan fingerprint density at radius 3 is 2.23 bits per heavy atom. The van der Waals surface area contributed by atoms with Gasteiger partial charge in [-0.1, -0.05) is 30.3 Å². The fourth-order valence-electron chi connectivity index (χ4n) is 5.16. The van der Waals surface area contributed by atoms with Gasteiger partial charge in [-0.2, -0.15) is 0 Å². The van der Waals surface area contributed by atoms with Crippen molar-refractivity contribution in [1.82, 2.24) is 14.4 Å². The first-order valence-electron chi connectivity index (χ1n) is 12.3. The highest BCUT2D eigenvalue weighted by Crippen LogP contribution is 2.28. The highest BCUT2D eigenvalue weighted by molar-refractivity contribution is 5.92. The second-order valence-electron chi connectivity index (χ2n) is 10.2. The molecule has 2 aromatic carbocycles. The predicted molar refractivity (Wildman–Crippen MR) is 141 cm³/mol. The molecule has 0 radical (unpaired) electrons. The highest BCUT2D eigenvalue weighted by atomic mass is 19.1. The molecule has 0 aliphatic carbocycles. The molecule has 2 heterocycles. The van der Waals surface area contributed by atoms with Crippen LogP contribution in [0.15, 0.2) is 48.5 Å². The summed E-state index contributed by atoms with van der Waals surface area (Å²) in [6.07, 6.45) is 1.91. The molecule has 0 spiro atoms. The number of fused-ring (bicyclic) bond motifs is 1. The van der Waals surface area contributed by atoms with Crippen LogP contribution in [0.2, 0.25) is 0 Å². The molecule has 0 atom stereocenters. The van der Waals surface area contributed by atoms with E-state index in [9.17, 15) is 9.18 Å². The second-order valence-corrected chi connectivity index (χ2v) is 10.2. The Bertz CT molecular complexity index is 1130. The lowest BCUT2D eigenvalue weighted by atomic mass is 10.0. The standard InChI is InChI=1S/C28H37FN4O.H2O/c1-21-25(19-22-9-11-23(12-10-22)27(30)34)24-7-4-5-8-26(24)33(21)14-6-13-31-15-17-32(18-16-31)20-28(2,3)29;/h4-5,7-12H,6,13-20H2,1-3H3,(H2,30,34);1H2. The summed E-state index contributed by atoms with van der Waals surface area (Å²) in [7, 11) is 0. The van der Waals surface area contributed by atoms with Gasteiger partial charge in [-0.15, -0.1) is 0 Å². The number of aryl methyl sites for hydroxylation is 1. The number of alkyl halides is 1. The zero-order valence-electron chi connectivity index (χ0n) is 21.2. The van der Waals surface area contributed by atoms with Gasteiger partial charge in [0.2, 0.25) is 5.91 Å². The third-order valence-corrected chi connectivity index (χ3v) is 6.90. The molecule has 4 rings (SSSR count). The van der Waals surface area contributed by atoms with E-state index in [0.717, 1.165) is 52.1 Å². The number of primary amides is 1. The topological polar surface area (TPSA) is 86.0 Å². The monoisotopic (exact) mass is 482 g/mol. The minimum absolute atomic E-state index is 0. The summed E-state index contributed by atoms with van der Waals surface area (Å²) < 4.78 is 16.4. The van der Waals surface area contributed by atoms with Crippen LogP contribution in [0.4, 0.5) is 4.39 Å². The van der Waals surface area contributed by atoms with Crippen molar-refractivity contribution in [3.63, 3.8) is 0 Å². The second kappa shape index (κ2) is 11.3. The fourth-order valence-corrected chi connectivity index (χ4v) is 5.16. The lowest BCUT2D eigenvalue weighted by Gasteiger charge is -2.36. The van der Waals surface area contributed by atoms with E-state index in [1.807, 2.05) is 12.1 Å². The maximum absolute atomic E-state index is 13.9. The lowest BCUT2D eigenvalue weighted by molar-refractivity contribution is 0.0752. The molecular formula is C28H39FN4O2. The van der Waals surface area contributed by atoms with Crippen molar-refractivity contribution in [3.05, 3.63) is 70.9 Å². The van der Waals surface area contributed by atoms with Gasteiger partial charge in [-0.25, -0.2) is 4.39 Å². The number of amides is 1. The number of hydrogen-bond acceptors (Lipinski definition) is 3. The van der Waals surface area contributed by atoms with Crippen LogP contribution in [-0.4, -0.2) is 70.7 Å². The Morgan fingerprint density at radius 1 is 0.971 bits per heavy atom. The average molecular weight is 483 g/mol. The zero-order valence-corrected chi connectivity index (χ0v) is 21.2. The van der Waals surface area contributed by atoms with Crippen LogP contribution in [0.5, 0.6) is 0 Å². The first kappa shape index (κ1) is 26.9. The van der Waals surface area contributed by atoms with Crippen molar-refractivity contribution in [3.8, 4) is 0 Å². The van der Waals surface area contributed by atoms with Gasteiger partial charge in [0.1, 0.15) is 5.67 Å². The lowest BCUT2D eigenvalue weighted by Crippen LogP contribution is -2.49. The Morgan fingerprint density at radius 2 is 1.60 bits per heavy atom. The molecular weight excluding hydrogens is 443 g/mol. The number of nitrogens with zero attached hydrogens (tertiary/aromatic N) is 3. The SMILES string of the molecule is Cc1c(Cc2ccc(C(N)=O)cc2)c2ccccc2n1CCCN1CCN(CC(C)(C)F)CC1.O. The molecule has 0 saturated carbocycles. The number of rotatable bonds is 9. The van der Waals surface area contributed by atoms with Gasteiger partial charge >= 0.3 is 0 Å². The number of nitrogens with two attached hydrogens (primary N) is 1. The summed E-state index contributed by atoms with van der Waals surface area (Å²) in [5, 5.41) is 1.29. The summed E-state index contributed by atoms with van der Waals surface area (Å²) in [5.41, 5.74) is 9.88. The van der Waals surface area contributed by atoms with E-state index in [1.54, 1.807) is 26.0 Å². The Balaban J connectivity index is 0.00000342. The first-order valence-corrected chi connectivity index (χ1v) is 12.3. The number of piperazine rings is 1. The molecule has 0 bridgehead atoms. The van der Waals surface area contributed by atoms with Crippen LogP contribution < -0.4 is 5.73 Å². The molecule has 0 unspecified atom stereocenters. The Hall–Kier alpha value is -2.74. The van der Waals surface area contributed by atoms with Crippen LogP contribution in [-0.2, 0) is 13.0 Å². The number of carbonyl (C=O) groups is 1. The van der Waals surface area contributed by atoms with Crippen LogP contribution in [0.25, 0.3) is 10.9 Å². The van der Waals surface area contributed by atoms with Crippen molar-refractivity contribution in [1.29, 1.82) is 0 Å². The average Bonchev–Trinajstić information content (AvgIpc) is 3.05. The van der Waals surface area contributed by atoms with Gasteiger partial charge in [0.25, 0.3) is 0 Å². The van der Waals surface area contributed by atoms with Crippen molar-refractivity contribution in [2.45, 2.75) is 45.8 Å². The van der Waals surface area contributed by atoms with E-state index in [2.05, 4.69) is 45.6 Å². The normalized spacial score (nSPS) is 15.3. The minimum Gasteiger partial charge on any atom is -0.412 e. The third kappa shape index (κ3) is 6.69. The maximum atomic E-state index is 13.9. The number of aromatic nitrogens is 1. The van der Waals surface area contributed by atoms with Gasteiger partial charge < -0.3 is 20.7 Å². The molecule has 4 N–H and O–H groups in total. The van der Waals surface area contributed by atoms with Gasteiger partial charge in [0.15, 0.2) is 0 Å². The summed E-state index contributed by atoms with van der Waals surface area (Å²) in [4.78, 5) is 16.1. The summed E-state index contributed by atoms with van der Waals surface area (Å²) in [5.74, 6) is -0.396. The summed E-state index contributed by atoms with van der Waals surface area (Å²) in [6.45, 7) is 12.0. The number of carbonyl (C=O) groups excluding carboxylic acids is 1. The van der Waals surface area contributed by atoms with E-state index < -0.39 is 11.6 Å². The van der Waals surface area contributed by atoms with Gasteiger partial charge in [0, 0.05) is 61.4 Å². The summed E-state index contributed by atoms with van der Waals surface area (Å²) >= 11 is 0. The molecule has 1 amide bonds. The molecule has 6 nitrogen and oxygen atoms in total. The first-order chi connectivity index (χ1) is 16.2. The number of benzene rings is 2. The molecule has 3 aromatic rings. The molecule has 1 fully saturated rings. The molecule has 1 aromatic heterocycles. The van der Waals surface area contributed by atoms with Crippen molar-refractivity contribution >= 4 is 16.8 Å². The molecule has 1 saturated heterocycles. The van der Waals surface area contributed by atoms with Crippen molar-refractivity contribution in [2.24, 2.45) is 5.73 Å². The molecule has 7 heteroatoms. The van der Waals surface area contributed by atoms with Crippen molar-refractivity contribution < 1.29 is 14.7 Å². The number of halogens is 1. The van der Waals surface area contributed by atoms with E-state index in [1.165, 1.54) is 27.7 Å². The van der Waals surface area contributed by atoms with Crippen LogP contribution in [0.1, 0.15) is 47.4 Å². The number of para-hydroxylation sites is 1. The van der Waals surface area contributed by atoms with Crippen LogP contribution >= 0.6 is 0 Å². The molecule has 1 aliphatic rings. The third-order valence-electron chi connectivity index (χ3n) is 6.90. The molecule has 190 valence electrons. The molecule has 1 aliphatic heterocycles. The minimum atomic E-state index is -1.13. The fraction of sp³-hybridized carbons (Fsp3) is 0.464. The Labute approximate surface area is 207 Å². The van der Waals surface area contributed by atoms with E-state index in [4.69, 9.17) is 5.73 Å². The molecule has 35 heavy (non-hydrogen) atoms. The van der Waals surface area contributed by atoms with Crippen LogP contribution in [0, 0.1) is 6.92 Å². The van der Waals surface area contributed by atoms with Gasteiger partial charge in [-0.3, -0.25) is 9.69 Å². The predicted octanol–water partition coefficient (Wildman–Crippen LogP) is 3.57. The Kier molecular flexibility index (Phi) is 8.70. The van der Waals surface area contributed by atoms with E-state index >= 15 is 0 Å². The van der Waals surface area contributed by atoms with Crippen LogP contribution in [0.3, 0.4) is 0 Å². The quantitative estimate of drug-likeness (QED) is 0.506. The van der Waals surface area contributed by atoms with Gasteiger partial charge in [-0.05, 0) is 69.5 Å². The largest absolute Gasteiger partial charge is 0.412 e. The highest BCUT2D eigenvalue weighted by Gasteiger charge is 2.24.